The lowest BCUT2D eigenvalue weighted by molar-refractivity contribution is -0.140. The average molecular weight is 509 g/mol. The Morgan fingerprint density at radius 2 is 1.67 bits per heavy atom. The summed E-state index contributed by atoms with van der Waals surface area (Å²) in [4.78, 5) is 42.6. The van der Waals surface area contributed by atoms with Gasteiger partial charge in [-0.3, -0.25) is 9.59 Å². The minimum absolute atomic E-state index is 0.0500. The summed E-state index contributed by atoms with van der Waals surface area (Å²) in [5.41, 5.74) is 3.47. The van der Waals surface area contributed by atoms with Crippen LogP contribution >= 0.6 is 11.6 Å². The molecule has 2 aliphatic rings. The third-order valence-corrected chi connectivity index (χ3v) is 7.46. The van der Waals surface area contributed by atoms with Gasteiger partial charge in [0.25, 0.3) is 5.91 Å². The molecule has 7 heteroatoms. The van der Waals surface area contributed by atoms with E-state index in [4.69, 9.17) is 16.3 Å². The van der Waals surface area contributed by atoms with E-state index in [0.717, 1.165) is 37.1 Å². The van der Waals surface area contributed by atoms with Gasteiger partial charge in [0.15, 0.2) is 0 Å². The van der Waals surface area contributed by atoms with Crippen LogP contribution in [0.3, 0.4) is 0 Å². The summed E-state index contributed by atoms with van der Waals surface area (Å²) in [6, 6.07) is 14.6. The fraction of sp³-hybridized carbons (Fsp3) is 0.414. The van der Waals surface area contributed by atoms with Crippen molar-refractivity contribution in [1.29, 1.82) is 0 Å². The molecule has 190 valence electrons. The van der Waals surface area contributed by atoms with E-state index in [1.807, 2.05) is 41.3 Å². The van der Waals surface area contributed by atoms with Gasteiger partial charge in [0.2, 0.25) is 5.91 Å². The van der Waals surface area contributed by atoms with Crippen LogP contribution in [0.4, 0.5) is 0 Å². The number of esters is 1. The Balaban J connectivity index is 1.56. The van der Waals surface area contributed by atoms with E-state index in [0.29, 0.717) is 34.3 Å². The number of carbonyl (C=O) groups is 3. The minimum Gasteiger partial charge on any atom is -0.463 e. The zero-order valence-corrected chi connectivity index (χ0v) is 21.9. The van der Waals surface area contributed by atoms with Gasteiger partial charge in [-0.15, -0.1) is 0 Å². The van der Waals surface area contributed by atoms with Crippen LogP contribution in [-0.4, -0.2) is 47.3 Å². The molecule has 0 radical (unpaired) electrons. The van der Waals surface area contributed by atoms with Crippen LogP contribution < -0.4 is 0 Å². The normalized spacial score (nSPS) is 19.0. The highest BCUT2D eigenvalue weighted by Gasteiger charge is 2.37. The van der Waals surface area contributed by atoms with E-state index in [1.54, 1.807) is 30.9 Å². The summed E-state index contributed by atoms with van der Waals surface area (Å²) in [5, 5.41) is 0.595. The molecule has 2 aromatic carbocycles. The van der Waals surface area contributed by atoms with Crippen molar-refractivity contribution in [2.45, 2.75) is 52.5 Å². The number of benzene rings is 2. The molecule has 6 nitrogen and oxygen atoms in total. The van der Waals surface area contributed by atoms with Gasteiger partial charge in [-0.25, -0.2) is 4.79 Å². The van der Waals surface area contributed by atoms with Crippen LogP contribution in [0.2, 0.25) is 5.02 Å². The Morgan fingerprint density at radius 1 is 1.03 bits per heavy atom. The van der Waals surface area contributed by atoms with Crippen molar-refractivity contribution in [3.05, 3.63) is 81.5 Å². The first-order chi connectivity index (χ1) is 17.3. The molecule has 0 spiro atoms. The monoisotopic (exact) mass is 508 g/mol. The van der Waals surface area contributed by atoms with Crippen LogP contribution in [0.5, 0.6) is 0 Å². The number of amides is 2. The quantitative estimate of drug-likeness (QED) is 0.479. The van der Waals surface area contributed by atoms with Crippen molar-refractivity contribution in [2.75, 3.05) is 19.7 Å². The molecule has 4 rings (SSSR count). The molecule has 0 N–H and O–H groups in total. The molecule has 2 aromatic rings. The third-order valence-electron chi connectivity index (χ3n) is 7.20. The fourth-order valence-electron chi connectivity index (χ4n) is 4.99. The number of hydrogen-bond acceptors (Lipinski definition) is 4. The van der Waals surface area contributed by atoms with Crippen molar-refractivity contribution < 1.29 is 19.1 Å². The first-order valence-electron chi connectivity index (χ1n) is 12.6. The fourth-order valence-corrected chi connectivity index (χ4v) is 5.11. The minimum atomic E-state index is -0.413. The second-order valence-electron chi connectivity index (χ2n) is 9.68. The number of hydrogen-bond donors (Lipinski definition) is 0. The van der Waals surface area contributed by atoms with E-state index in [1.165, 1.54) is 0 Å². The van der Waals surface area contributed by atoms with Gasteiger partial charge in [-0.2, -0.15) is 0 Å². The van der Waals surface area contributed by atoms with Crippen molar-refractivity contribution >= 4 is 29.4 Å². The summed E-state index contributed by atoms with van der Waals surface area (Å²) in [6.07, 6.45) is 2.23. The lowest BCUT2D eigenvalue weighted by Crippen LogP contribution is -2.38. The molecule has 1 fully saturated rings. The van der Waals surface area contributed by atoms with Gasteiger partial charge in [0, 0.05) is 41.7 Å². The Labute approximate surface area is 217 Å². The summed E-state index contributed by atoms with van der Waals surface area (Å²) in [6.45, 7) is 7.93. The highest BCUT2D eigenvalue weighted by atomic mass is 35.5. The predicted molar refractivity (Wildman–Crippen MR) is 139 cm³/mol. The zero-order valence-electron chi connectivity index (χ0n) is 21.1. The average Bonchev–Trinajstić information content (AvgIpc) is 2.87. The molecule has 1 unspecified atom stereocenters. The molecule has 0 aromatic heterocycles. The summed E-state index contributed by atoms with van der Waals surface area (Å²) in [5.74, 6) is -0.160. The predicted octanol–water partition coefficient (Wildman–Crippen LogP) is 5.57. The summed E-state index contributed by atoms with van der Waals surface area (Å²) >= 11 is 6.05. The van der Waals surface area contributed by atoms with Crippen molar-refractivity contribution in [2.24, 2.45) is 5.92 Å². The number of allylic oxidation sites excluding steroid dienone is 1. The SMILES string of the molecule is CCOC(=O)C1=C(C)N(Cc2ccc(C(=O)N3CCC(C)CC3)cc2)C(=O)CC1c1ccc(Cl)cc1. The zero-order chi connectivity index (χ0) is 25.8. The number of likely N-dealkylation sites (tertiary alicyclic amines) is 1. The van der Waals surface area contributed by atoms with Gasteiger partial charge < -0.3 is 14.5 Å². The third kappa shape index (κ3) is 5.65. The van der Waals surface area contributed by atoms with Gasteiger partial charge >= 0.3 is 5.97 Å². The molecule has 0 aliphatic carbocycles. The maximum absolute atomic E-state index is 13.2. The molecule has 2 heterocycles. The van der Waals surface area contributed by atoms with Gasteiger partial charge in [-0.1, -0.05) is 42.8 Å². The molecule has 1 saturated heterocycles. The number of piperidine rings is 1. The lowest BCUT2D eigenvalue weighted by Gasteiger charge is -2.34. The van der Waals surface area contributed by atoms with Gasteiger partial charge in [0.1, 0.15) is 0 Å². The van der Waals surface area contributed by atoms with Crippen molar-refractivity contribution in [3.63, 3.8) is 0 Å². The molecule has 0 bridgehead atoms. The van der Waals surface area contributed by atoms with E-state index in [9.17, 15) is 14.4 Å². The molecule has 1 atom stereocenters. The molecule has 36 heavy (non-hydrogen) atoms. The maximum atomic E-state index is 13.2. The molecular weight excluding hydrogens is 476 g/mol. The Bertz CT molecular complexity index is 1150. The Kier molecular flexibility index (Phi) is 8.14. The standard InChI is InChI=1S/C29H33ClN2O4/c1-4-36-29(35)27-20(3)32(26(33)17-25(27)22-9-11-24(30)12-10-22)18-21-5-7-23(8-6-21)28(34)31-15-13-19(2)14-16-31/h5-12,19,25H,4,13-18H2,1-3H3. The summed E-state index contributed by atoms with van der Waals surface area (Å²) in [7, 11) is 0. The molecule has 2 amide bonds. The Morgan fingerprint density at radius 3 is 2.28 bits per heavy atom. The largest absolute Gasteiger partial charge is 0.463 e. The smallest absolute Gasteiger partial charge is 0.336 e. The highest BCUT2D eigenvalue weighted by molar-refractivity contribution is 6.30. The number of ether oxygens (including phenoxy) is 1. The molecule has 0 saturated carbocycles. The van der Waals surface area contributed by atoms with Crippen LogP contribution in [-0.2, 0) is 20.9 Å². The summed E-state index contributed by atoms with van der Waals surface area (Å²) < 4.78 is 5.36. The Hall–Kier alpha value is -3.12. The number of halogens is 1. The number of nitrogens with zero attached hydrogens (tertiary/aromatic N) is 2. The number of carbonyl (C=O) groups excluding carboxylic acids is 3. The van der Waals surface area contributed by atoms with Gasteiger partial charge in [-0.05, 0) is 68.0 Å². The van der Waals surface area contributed by atoms with E-state index >= 15 is 0 Å². The highest BCUT2D eigenvalue weighted by Crippen LogP contribution is 2.38. The van der Waals surface area contributed by atoms with Crippen LogP contribution in [0.25, 0.3) is 0 Å². The molecule has 2 aliphatic heterocycles. The van der Waals surface area contributed by atoms with E-state index in [-0.39, 0.29) is 24.8 Å². The van der Waals surface area contributed by atoms with Crippen molar-refractivity contribution in [3.8, 4) is 0 Å². The maximum Gasteiger partial charge on any atom is 0.336 e. The van der Waals surface area contributed by atoms with Crippen LogP contribution in [0.15, 0.2) is 59.8 Å². The van der Waals surface area contributed by atoms with Crippen LogP contribution in [0, 0.1) is 5.92 Å². The van der Waals surface area contributed by atoms with Gasteiger partial charge in [0.05, 0.1) is 18.7 Å². The first-order valence-corrected chi connectivity index (χ1v) is 13.0. The van der Waals surface area contributed by atoms with Crippen molar-refractivity contribution in [1.82, 2.24) is 9.80 Å². The number of rotatable bonds is 6. The van der Waals surface area contributed by atoms with Crippen LogP contribution in [0.1, 0.15) is 67.4 Å². The van der Waals surface area contributed by atoms with E-state index < -0.39 is 11.9 Å². The topological polar surface area (TPSA) is 66.9 Å². The first kappa shape index (κ1) is 26.0. The van der Waals surface area contributed by atoms with E-state index in [2.05, 4.69) is 6.92 Å². The second kappa shape index (κ2) is 11.3. The second-order valence-corrected chi connectivity index (χ2v) is 10.1. The molecular formula is C29H33ClN2O4. The lowest BCUT2D eigenvalue weighted by atomic mass is 9.83.